The summed E-state index contributed by atoms with van der Waals surface area (Å²) in [6, 6.07) is 7.82. The quantitative estimate of drug-likeness (QED) is 0.790. The second-order valence-corrected chi connectivity index (χ2v) is 6.65. The Morgan fingerprint density at radius 2 is 1.87 bits per heavy atom. The largest absolute Gasteiger partial charge is 0.481 e. The Morgan fingerprint density at radius 3 is 2.39 bits per heavy atom. The first-order valence-corrected chi connectivity index (χ1v) is 8.25. The summed E-state index contributed by atoms with van der Waals surface area (Å²) in [6.45, 7) is 3.61. The number of carboxylic acid groups (broad SMARTS) is 1. The van der Waals surface area contributed by atoms with Gasteiger partial charge in [0.1, 0.15) is 0 Å². The molecule has 5 nitrogen and oxygen atoms in total. The molecule has 1 fully saturated rings. The first kappa shape index (κ1) is 19.9. The van der Waals surface area contributed by atoms with E-state index in [1.54, 1.807) is 0 Å². The van der Waals surface area contributed by atoms with Crippen LogP contribution in [-0.2, 0) is 9.59 Å². The van der Waals surface area contributed by atoms with Gasteiger partial charge in [-0.15, -0.1) is 12.4 Å². The molecule has 0 spiro atoms. The molecule has 1 saturated heterocycles. The van der Waals surface area contributed by atoms with Gasteiger partial charge in [-0.1, -0.05) is 28.1 Å². The lowest BCUT2D eigenvalue weighted by molar-refractivity contribution is -0.143. The number of carbonyl (C=O) groups excluding carboxylic acids is 1. The van der Waals surface area contributed by atoms with Gasteiger partial charge >= 0.3 is 5.97 Å². The van der Waals surface area contributed by atoms with Gasteiger partial charge in [-0.25, -0.2) is 0 Å². The summed E-state index contributed by atoms with van der Waals surface area (Å²) in [5, 5.41) is 12.0. The van der Waals surface area contributed by atoms with Crippen molar-refractivity contribution in [3.05, 3.63) is 34.3 Å². The minimum absolute atomic E-state index is 0. The lowest BCUT2D eigenvalue weighted by atomic mass is 9.97. The number of aliphatic carboxylic acids is 1. The van der Waals surface area contributed by atoms with E-state index in [1.165, 1.54) is 0 Å². The molecule has 2 rings (SSSR count). The number of carboxylic acids is 1. The highest BCUT2D eigenvalue weighted by molar-refractivity contribution is 9.10. The van der Waals surface area contributed by atoms with Crippen molar-refractivity contribution in [2.45, 2.75) is 25.8 Å². The molecule has 0 aliphatic carbocycles. The van der Waals surface area contributed by atoms with Gasteiger partial charge in [0.05, 0.1) is 18.5 Å². The van der Waals surface area contributed by atoms with E-state index < -0.39 is 5.97 Å². The van der Waals surface area contributed by atoms with Crippen molar-refractivity contribution in [2.75, 3.05) is 19.6 Å². The van der Waals surface area contributed by atoms with Crippen molar-refractivity contribution in [2.24, 2.45) is 5.92 Å². The minimum atomic E-state index is -0.729. The third-order valence-corrected chi connectivity index (χ3v) is 4.58. The fourth-order valence-corrected chi connectivity index (χ4v) is 2.93. The molecule has 1 aromatic carbocycles. The number of hydrogen-bond donors (Lipinski definition) is 2. The Morgan fingerprint density at radius 1 is 1.30 bits per heavy atom. The average molecular weight is 406 g/mol. The molecule has 23 heavy (non-hydrogen) atoms. The van der Waals surface area contributed by atoms with Crippen LogP contribution < -0.4 is 5.32 Å². The molecule has 128 valence electrons. The van der Waals surface area contributed by atoms with Gasteiger partial charge in [-0.05, 0) is 50.6 Å². The van der Waals surface area contributed by atoms with E-state index in [0.29, 0.717) is 32.5 Å². The van der Waals surface area contributed by atoms with Crippen molar-refractivity contribution in [1.82, 2.24) is 10.2 Å². The summed E-state index contributed by atoms with van der Waals surface area (Å²) in [7, 11) is 0. The van der Waals surface area contributed by atoms with Crippen molar-refractivity contribution < 1.29 is 14.7 Å². The molecule has 1 aliphatic rings. The number of likely N-dealkylation sites (tertiary alicyclic amines) is 1. The highest BCUT2D eigenvalue weighted by Gasteiger charge is 2.25. The molecule has 0 radical (unpaired) electrons. The van der Waals surface area contributed by atoms with Crippen molar-refractivity contribution >= 4 is 40.2 Å². The van der Waals surface area contributed by atoms with Gasteiger partial charge in [-0.3, -0.25) is 14.5 Å². The number of rotatable bonds is 5. The predicted molar refractivity (Wildman–Crippen MR) is 94.7 cm³/mol. The predicted octanol–water partition coefficient (Wildman–Crippen LogP) is 2.84. The molecule has 1 atom stereocenters. The Hall–Kier alpha value is -1.11. The Kier molecular flexibility index (Phi) is 8.02. The fraction of sp³-hybridized carbons (Fsp3) is 0.500. The maximum Gasteiger partial charge on any atom is 0.306 e. The molecule has 0 bridgehead atoms. The molecule has 0 saturated carbocycles. The van der Waals surface area contributed by atoms with Crippen molar-refractivity contribution in [3.63, 3.8) is 0 Å². The molecule has 1 aromatic rings. The number of nitrogens with zero attached hydrogens (tertiary/aromatic N) is 1. The van der Waals surface area contributed by atoms with Crippen LogP contribution >= 0.6 is 28.3 Å². The highest BCUT2D eigenvalue weighted by atomic mass is 79.9. The van der Waals surface area contributed by atoms with Gasteiger partial charge in [0.2, 0.25) is 5.91 Å². The first-order valence-electron chi connectivity index (χ1n) is 7.45. The fourth-order valence-electron chi connectivity index (χ4n) is 2.66. The van der Waals surface area contributed by atoms with Crippen LogP contribution in [0.1, 0.15) is 31.4 Å². The molecule has 2 N–H and O–H groups in total. The van der Waals surface area contributed by atoms with Crippen LogP contribution in [0.5, 0.6) is 0 Å². The third kappa shape index (κ3) is 6.12. The summed E-state index contributed by atoms with van der Waals surface area (Å²) in [5.74, 6) is -1.02. The minimum Gasteiger partial charge on any atom is -0.481 e. The van der Waals surface area contributed by atoms with Crippen molar-refractivity contribution in [3.8, 4) is 0 Å². The zero-order valence-electron chi connectivity index (χ0n) is 13.0. The van der Waals surface area contributed by atoms with Crippen LogP contribution in [0.2, 0.25) is 0 Å². The Bertz CT molecular complexity index is 531. The smallest absolute Gasteiger partial charge is 0.306 e. The number of amides is 1. The highest BCUT2D eigenvalue weighted by Crippen LogP contribution is 2.18. The molecule has 1 aliphatic heterocycles. The van der Waals surface area contributed by atoms with E-state index in [0.717, 1.165) is 10.0 Å². The maximum absolute atomic E-state index is 12.1. The standard InChI is InChI=1S/C16H21BrN2O3.ClH/c1-11(12-2-4-14(17)5-3-12)18-15(20)10-19-8-6-13(7-9-19)16(21)22;/h2-5,11,13H,6-10H2,1H3,(H,18,20)(H,21,22);1H. The number of hydrogen-bond acceptors (Lipinski definition) is 3. The molecule has 0 aromatic heterocycles. The molecular formula is C16H22BrClN2O3. The molecular weight excluding hydrogens is 384 g/mol. The van der Waals surface area contributed by atoms with Gasteiger partial charge < -0.3 is 10.4 Å². The van der Waals surface area contributed by atoms with Crippen LogP contribution in [0, 0.1) is 5.92 Å². The first-order chi connectivity index (χ1) is 10.5. The zero-order valence-corrected chi connectivity index (χ0v) is 15.4. The van der Waals surface area contributed by atoms with Gasteiger partial charge in [0, 0.05) is 4.47 Å². The lowest BCUT2D eigenvalue weighted by Gasteiger charge is -2.29. The van der Waals surface area contributed by atoms with Crippen LogP contribution in [-0.4, -0.2) is 41.5 Å². The number of halogens is 2. The second-order valence-electron chi connectivity index (χ2n) is 5.73. The molecule has 1 amide bonds. The van der Waals surface area contributed by atoms with Crippen LogP contribution in [0.25, 0.3) is 0 Å². The lowest BCUT2D eigenvalue weighted by Crippen LogP contribution is -2.43. The van der Waals surface area contributed by atoms with E-state index >= 15 is 0 Å². The van der Waals surface area contributed by atoms with Gasteiger partial charge in [0.15, 0.2) is 0 Å². The van der Waals surface area contributed by atoms with E-state index in [1.807, 2.05) is 36.1 Å². The van der Waals surface area contributed by atoms with Gasteiger partial charge in [0.25, 0.3) is 0 Å². The topological polar surface area (TPSA) is 69.6 Å². The Balaban J connectivity index is 0.00000264. The molecule has 7 heteroatoms. The normalized spacial score (nSPS) is 17.1. The number of nitrogens with one attached hydrogen (secondary N) is 1. The molecule has 1 unspecified atom stereocenters. The summed E-state index contributed by atoms with van der Waals surface area (Å²) >= 11 is 3.39. The van der Waals surface area contributed by atoms with Gasteiger partial charge in [-0.2, -0.15) is 0 Å². The van der Waals surface area contributed by atoms with Crippen LogP contribution in [0.3, 0.4) is 0 Å². The maximum atomic E-state index is 12.1. The zero-order chi connectivity index (χ0) is 16.1. The molecule has 1 heterocycles. The third-order valence-electron chi connectivity index (χ3n) is 4.05. The second kappa shape index (κ2) is 9.25. The van der Waals surface area contributed by atoms with Crippen molar-refractivity contribution in [1.29, 1.82) is 0 Å². The van der Waals surface area contributed by atoms with E-state index in [9.17, 15) is 9.59 Å². The number of carbonyl (C=O) groups is 2. The number of benzene rings is 1. The summed E-state index contributed by atoms with van der Waals surface area (Å²) in [5.41, 5.74) is 1.06. The van der Waals surface area contributed by atoms with E-state index in [4.69, 9.17) is 5.11 Å². The SMILES string of the molecule is CC(NC(=O)CN1CCC(C(=O)O)CC1)c1ccc(Br)cc1.Cl. The summed E-state index contributed by atoms with van der Waals surface area (Å²) < 4.78 is 1.01. The van der Waals surface area contributed by atoms with Crippen LogP contribution in [0.4, 0.5) is 0 Å². The average Bonchev–Trinajstić information content (AvgIpc) is 2.48. The summed E-state index contributed by atoms with van der Waals surface area (Å²) in [6.07, 6.45) is 1.23. The Labute approximate surface area is 151 Å². The monoisotopic (exact) mass is 404 g/mol. The summed E-state index contributed by atoms with van der Waals surface area (Å²) in [4.78, 5) is 25.0. The van der Waals surface area contributed by atoms with Crippen LogP contribution in [0.15, 0.2) is 28.7 Å². The van der Waals surface area contributed by atoms with E-state index in [-0.39, 0.29) is 30.3 Å². The number of piperidine rings is 1. The van der Waals surface area contributed by atoms with E-state index in [2.05, 4.69) is 21.2 Å².